The van der Waals surface area contributed by atoms with Gasteiger partial charge in [0, 0.05) is 18.0 Å². The van der Waals surface area contributed by atoms with Crippen LogP contribution in [-0.2, 0) is 9.59 Å². The van der Waals surface area contributed by atoms with Gasteiger partial charge in [-0.1, -0.05) is 23.7 Å². The van der Waals surface area contributed by atoms with E-state index in [9.17, 15) is 14.7 Å². The van der Waals surface area contributed by atoms with E-state index in [0.717, 1.165) is 5.56 Å². The van der Waals surface area contributed by atoms with Crippen LogP contribution in [0, 0.1) is 6.92 Å². The molecule has 0 radical (unpaired) electrons. The van der Waals surface area contributed by atoms with E-state index < -0.39 is 12.0 Å². The van der Waals surface area contributed by atoms with E-state index in [1.165, 1.54) is 11.8 Å². The Morgan fingerprint density at radius 1 is 1.32 bits per heavy atom. The monoisotopic (exact) mass is 283 g/mol. The van der Waals surface area contributed by atoms with Crippen LogP contribution in [0.1, 0.15) is 37.9 Å². The fourth-order valence-corrected chi connectivity index (χ4v) is 2.23. The Labute approximate surface area is 118 Å². The van der Waals surface area contributed by atoms with Gasteiger partial charge >= 0.3 is 5.97 Å². The van der Waals surface area contributed by atoms with Crippen molar-refractivity contribution < 1.29 is 14.7 Å². The molecule has 0 aliphatic carbocycles. The Kier molecular flexibility index (Phi) is 4.95. The highest BCUT2D eigenvalue weighted by atomic mass is 35.5. The van der Waals surface area contributed by atoms with Gasteiger partial charge in [0.15, 0.2) is 6.04 Å². The molecule has 1 aromatic rings. The SMILES string of the molecule is CC(=O)N(C(C)C)C(C(=O)O)c1ccc(C)c(Cl)c1. The Balaban J connectivity index is 3.30. The first kappa shape index (κ1) is 15.5. The largest absolute Gasteiger partial charge is 0.479 e. The van der Waals surface area contributed by atoms with Crippen molar-refractivity contribution >= 4 is 23.5 Å². The molecule has 0 fully saturated rings. The number of aryl methyl sites for hydroxylation is 1. The summed E-state index contributed by atoms with van der Waals surface area (Å²) in [5.74, 6) is -1.34. The number of halogens is 1. The molecule has 0 spiro atoms. The highest BCUT2D eigenvalue weighted by molar-refractivity contribution is 6.31. The molecule has 19 heavy (non-hydrogen) atoms. The zero-order valence-electron chi connectivity index (χ0n) is 11.5. The third kappa shape index (κ3) is 3.47. The van der Waals surface area contributed by atoms with Crippen molar-refractivity contribution in [3.05, 3.63) is 34.3 Å². The van der Waals surface area contributed by atoms with E-state index in [1.54, 1.807) is 32.0 Å². The van der Waals surface area contributed by atoms with Gasteiger partial charge in [0.1, 0.15) is 0 Å². The lowest BCUT2D eigenvalue weighted by molar-refractivity contribution is -0.151. The van der Waals surface area contributed by atoms with Crippen LogP contribution in [0.5, 0.6) is 0 Å². The lowest BCUT2D eigenvalue weighted by Crippen LogP contribution is -2.42. The number of benzene rings is 1. The lowest BCUT2D eigenvalue weighted by Gasteiger charge is -2.32. The van der Waals surface area contributed by atoms with Crippen LogP contribution in [0.25, 0.3) is 0 Å². The molecule has 0 aliphatic heterocycles. The highest BCUT2D eigenvalue weighted by Gasteiger charge is 2.31. The minimum atomic E-state index is -1.07. The summed E-state index contributed by atoms with van der Waals surface area (Å²) in [6.07, 6.45) is 0. The summed E-state index contributed by atoms with van der Waals surface area (Å²) in [4.78, 5) is 24.5. The van der Waals surface area contributed by atoms with E-state index in [4.69, 9.17) is 11.6 Å². The summed E-state index contributed by atoms with van der Waals surface area (Å²) in [6.45, 7) is 6.78. The molecule has 0 saturated carbocycles. The molecule has 5 heteroatoms. The van der Waals surface area contributed by atoms with Gasteiger partial charge in [0.05, 0.1) is 0 Å². The molecule has 1 amide bonds. The van der Waals surface area contributed by atoms with Crippen molar-refractivity contribution in [2.45, 2.75) is 39.8 Å². The Morgan fingerprint density at radius 2 is 1.89 bits per heavy atom. The summed E-state index contributed by atoms with van der Waals surface area (Å²) in [5.41, 5.74) is 1.38. The molecule has 1 unspecified atom stereocenters. The molecular weight excluding hydrogens is 266 g/mol. The number of nitrogens with zero attached hydrogens (tertiary/aromatic N) is 1. The van der Waals surface area contributed by atoms with Crippen LogP contribution in [0.15, 0.2) is 18.2 Å². The number of hydrogen-bond donors (Lipinski definition) is 1. The molecule has 0 aliphatic rings. The number of carboxylic acids is 1. The second-order valence-electron chi connectivity index (χ2n) is 4.77. The third-order valence-corrected chi connectivity index (χ3v) is 3.35. The Hall–Kier alpha value is -1.55. The summed E-state index contributed by atoms with van der Waals surface area (Å²) in [7, 11) is 0. The zero-order chi connectivity index (χ0) is 14.7. The van der Waals surface area contributed by atoms with Crippen LogP contribution in [0.4, 0.5) is 0 Å². The number of carboxylic acid groups (broad SMARTS) is 1. The fraction of sp³-hybridized carbons (Fsp3) is 0.429. The second-order valence-corrected chi connectivity index (χ2v) is 5.18. The molecule has 1 atom stereocenters. The first-order valence-corrected chi connectivity index (χ1v) is 6.41. The molecular formula is C14H18ClNO3. The quantitative estimate of drug-likeness (QED) is 0.924. The van der Waals surface area contributed by atoms with E-state index in [2.05, 4.69) is 0 Å². The Bertz CT molecular complexity index is 499. The van der Waals surface area contributed by atoms with Gasteiger partial charge in [-0.2, -0.15) is 0 Å². The fourth-order valence-electron chi connectivity index (χ4n) is 2.04. The molecule has 1 N–H and O–H groups in total. The standard InChI is InChI=1S/C14H18ClNO3/c1-8(2)16(10(4)17)13(14(18)19)11-6-5-9(3)12(15)7-11/h5-8,13H,1-4H3,(H,18,19). The summed E-state index contributed by atoms with van der Waals surface area (Å²) < 4.78 is 0. The number of hydrogen-bond acceptors (Lipinski definition) is 2. The molecule has 1 rings (SSSR count). The number of rotatable bonds is 4. The van der Waals surface area contributed by atoms with Gasteiger partial charge in [-0.25, -0.2) is 4.79 Å². The maximum Gasteiger partial charge on any atom is 0.331 e. The van der Waals surface area contributed by atoms with Gasteiger partial charge < -0.3 is 10.0 Å². The zero-order valence-corrected chi connectivity index (χ0v) is 12.2. The number of amides is 1. The van der Waals surface area contributed by atoms with Crippen LogP contribution < -0.4 is 0 Å². The van der Waals surface area contributed by atoms with Crippen molar-refractivity contribution in [3.63, 3.8) is 0 Å². The summed E-state index contributed by atoms with van der Waals surface area (Å²) in [6, 6.07) is 3.83. The van der Waals surface area contributed by atoms with Crippen LogP contribution in [0.2, 0.25) is 5.02 Å². The topological polar surface area (TPSA) is 57.6 Å². The van der Waals surface area contributed by atoms with Crippen molar-refractivity contribution in [2.75, 3.05) is 0 Å². The average Bonchev–Trinajstić information content (AvgIpc) is 2.28. The highest BCUT2D eigenvalue weighted by Crippen LogP contribution is 2.27. The molecule has 0 aromatic heterocycles. The van der Waals surface area contributed by atoms with Crippen molar-refractivity contribution in [3.8, 4) is 0 Å². The third-order valence-electron chi connectivity index (χ3n) is 2.94. The van der Waals surface area contributed by atoms with E-state index in [0.29, 0.717) is 10.6 Å². The van der Waals surface area contributed by atoms with Crippen molar-refractivity contribution in [1.29, 1.82) is 0 Å². The number of carbonyl (C=O) groups is 2. The predicted octanol–water partition coefficient (Wildman–Crippen LogP) is 3.03. The lowest BCUT2D eigenvalue weighted by atomic mass is 10.0. The maximum absolute atomic E-state index is 11.7. The number of carbonyl (C=O) groups excluding carboxylic acids is 1. The number of aliphatic carboxylic acids is 1. The van der Waals surface area contributed by atoms with E-state index >= 15 is 0 Å². The first-order valence-electron chi connectivity index (χ1n) is 6.03. The first-order chi connectivity index (χ1) is 8.75. The summed E-state index contributed by atoms with van der Waals surface area (Å²) >= 11 is 6.03. The molecule has 0 bridgehead atoms. The Morgan fingerprint density at radius 3 is 2.26 bits per heavy atom. The maximum atomic E-state index is 11.7. The molecule has 0 heterocycles. The van der Waals surface area contributed by atoms with Crippen molar-refractivity contribution in [2.24, 2.45) is 0 Å². The van der Waals surface area contributed by atoms with E-state index in [-0.39, 0.29) is 11.9 Å². The van der Waals surface area contributed by atoms with Gasteiger partial charge in [-0.15, -0.1) is 0 Å². The predicted molar refractivity (Wildman–Crippen MR) is 74.2 cm³/mol. The minimum absolute atomic E-state index is 0.210. The van der Waals surface area contributed by atoms with Crippen LogP contribution in [0.3, 0.4) is 0 Å². The van der Waals surface area contributed by atoms with Gasteiger partial charge in [-0.3, -0.25) is 4.79 Å². The molecule has 4 nitrogen and oxygen atoms in total. The molecule has 104 valence electrons. The smallest absolute Gasteiger partial charge is 0.331 e. The van der Waals surface area contributed by atoms with Gasteiger partial charge in [0.2, 0.25) is 5.91 Å². The van der Waals surface area contributed by atoms with Crippen LogP contribution >= 0.6 is 11.6 Å². The second kappa shape index (κ2) is 6.06. The summed E-state index contributed by atoms with van der Waals surface area (Å²) in [5, 5.41) is 9.91. The van der Waals surface area contributed by atoms with E-state index in [1.807, 2.05) is 6.92 Å². The van der Waals surface area contributed by atoms with Crippen molar-refractivity contribution in [1.82, 2.24) is 4.90 Å². The van der Waals surface area contributed by atoms with Gasteiger partial charge in [0.25, 0.3) is 0 Å². The molecule has 0 saturated heterocycles. The normalized spacial score (nSPS) is 12.3. The van der Waals surface area contributed by atoms with Gasteiger partial charge in [-0.05, 0) is 38.0 Å². The average molecular weight is 284 g/mol. The molecule has 1 aromatic carbocycles. The van der Waals surface area contributed by atoms with Crippen LogP contribution in [-0.4, -0.2) is 27.9 Å². The minimum Gasteiger partial charge on any atom is -0.479 e.